The molecule has 0 saturated heterocycles. The second-order valence-electron chi connectivity index (χ2n) is 4.50. The summed E-state index contributed by atoms with van der Waals surface area (Å²) >= 11 is 0. The molecule has 0 spiro atoms. The zero-order chi connectivity index (χ0) is 13.7. The van der Waals surface area contributed by atoms with E-state index >= 15 is 0 Å². The lowest BCUT2D eigenvalue weighted by Gasteiger charge is -2.20. The lowest BCUT2D eigenvalue weighted by atomic mass is 10.1. The quantitative estimate of drug-likeness (QED) is 0.865. The number of benzene rings is 1. The summed E-state index contributed by atoms with van der Waals surface area (Å²) in [6, 6.07) is 10.0. The summed E-state index contributed by atoms with van der Waals surface area (Å²) in [5.74, 6) is -0.752. The van der Waals surface area contributed by atoms with Crippen LogP contribution in [0.3, 0.4) is 0 Å². The van der Waals surface area contributed by atoms with Gasteiger partial charge in [-0.25, -0.2) is 0 Å². The van der Waals surface area contributed by atoms with Crippen LogP contribution >= 0.6 is 0 Å². The van der Waals surface area contributed by atoms with Crippen molar-refractivity contribution in [1.29, 1.82) is 0 Å². The molecule has 0 bridgehead atoms. The Bertz CT molecular complexity index is 564. The van der Waals surface area contributed by atoms with Gasteiger partial charge in [0.2, 0.25) is 0 Å². The van der Waals surface area contributed by atoms with Crippen molar-refractivity contribution in [2.45, 2.75) is 19.9 Å². The SMILES string of the molecule is CCN(CCC(=O)O)Cc1ccnc2ccccc12. The van der Waals surface area contributed by atoms with Gasteiger partial charge in [-0.2, -0.15) is 0 Å². The molecule has 100 valence electrons. The smallest absolute Gasteiger partial charge is 0.304 e. The van der Waals surface area contributed by atoms with Crippen LogP contribution in [-0.4, -0.2) is 34.0 Å². The number of hydrogen-bond acceptors (Lipinski definition) is 3. The fourth-order valence-corrected chi connectivity index (χ4v) is 2.14. The van der Waals surface area contributed by atoms with Gasteiger partial charge in [0.1, 0.15) is 0 Å². The average molecular weight is 258 g/mol. The van der Waals surface area contributed by atoms with Crippen LogP contribution in [0, 0.1) is 0 Å². The van der Waals surface area contributed by atoms with Crippen LogP contribution < -0.4 is 0 Å². The molecule has 4 heteroatoms. The first-order chi connectivity index (χ1) is 9.20. The van der Waals surface area contributed by atoms with Gasteiger partial charge in [-0.1, -0.05) is 25.1 Å². The minimum atomic E-state index is -0.752. The van der Waals surface area contributed by atoms with Gasteiger partial charge in [-0.15, -0.1) is 0 Å². The molecule has 1 aromatic carbocycles. The van der Waals surface area contributed by atoms with Gasteiger partial charge in [0.05, 0.1) is 11.9 Å². The molecular formula is C15H18N2O2. The Balaban J connectivity index is 2.17. The van der Waals surface area contributed by atoms with Gasteiger partial charge < -0.3 is 5.11 Å². The molecule has 19 heavy (non-hydrogen) atoms. The third kappa shape index (κ3) is 3.51. The Labute approximate surface area is 112 Å². The number of hydrogen-bond donors (Lipinski definition) is 1. The van der Waals surface area contributed by atoms with Crippen LogP contribution in [0.2, 0.25) is 0 Å². The van der Waals surface area contributed by atoms with Crippen molar-refractivity contribution in [2.75, 3.05) is 13.1 Å². The van der Waals surface area contributed by atoms with Crippen molar-refractivity contribution in [3.63, 3.8) is 0 Å². The molecule has 0 fully saturated rings. The molecule has 1 aromatic heterocycles. The Morgan fingerprint density at radius 2 is 2.11 bits per heavy atom. The third-order valence-electron chi connectivity index (χ3n) is 3.22. The number of aliphatic carboxylic acids is 1. The molecule has 1 heterocycles. The molecule has 0 amide bonds. The summed E-state index contributed by atoms with van der Waals surface area (Å²) in [4.78, 5) is 17.1. The van der Waals surface area contributed by atoms with Crippen molar-refractivity contribution < 1.29 is 9.90 Å². The normalized spacial score (nSPS) is 11.1. The minimum Gasteiger partial charge on any atom is -0.481 e. The number of carboxylic acids is 1. The second-order valence-corrected chi connectivity index (χ2v) is 4.50. The predicted octanol–water partition coefficient (Wildman–Crippen LogP) is 2.53. The summed E-state index contributed by atoms with van der Waals surface area (Å²) in [5.41, 5.74) is 2.17. The summed E-state index contributed by atoms with van der Waals surface area (Å²) in [7, 11) is 0. The lowest BCUT2D eigenvalue weighted by molar-refractivity contribution is -0.137. The standard InChI is InChI=1S/C15H18N2O2/c1-2-17(10-8-15(18)19)11-12-7-9-16-14-6-4-3-5-13(12)14/h3-7,9H,2,8,10-11H2,1H3,(H,18,19). The highest BCUT2D eigenvalue weighted by molar-refractivity contribution is 5.81. The second kappa shape index (κ2) is 6.29. The fraction of sp³-hybridized carbons (Fsp3) is 0.333. The van der Waals surface area contributed by atoms with Gasteiger partial charge in [0.15, 0.2) is 0 Å². The molecule has 4 nitrogen and oxygen atoms in total. The molecule has 0 aliphatic carbocycles. The maximum absolute atomic E-state index is 10.6. The van der Waals surface area contributed by atoms with E-state index in [4.69, 9.17) is 5.11 Å². The first kappa shape index (κ1) is 13.5. The number of nitrogens with zero attached hydrogens (tertiary/aromatic N) is 2. The van der Waals surface area contributed by atoms with E-state index in [0.717, 1.165) is 24.0 Å². The highest BCUT2D eigenvalue weighted by Crippen LogP contribution is 2.17. The molecule has 0 saturated carbocycles. The Kier molecular flexibility index (Phi) is 4.47. The molecule has 2 rings (SSSR count). The topological polar surface area (TPSA) is 53.4 Å². The van der Waals surface area contributed by atoms with Crippen molar-refractivity contribution in [3.05, 3.63) is 42.1 Å². The third-order valence-corrected chi connectivity index (χ3v) is 3.22. The maximum atomic E-state index is 10.6. The molecule has 0 radical (unpaired) electrons. The van der Waals surface area contributed by atoms with E-state index in [9.17, 15) is 4.79 Å². The number of fused-ring (bicyclic) bond motifs is 1. The van der Waals surface area contributed by atoms with Gasteiger partial charge in [0.25, 0.3) is 0 Å². The summed E-state index contributed by atoms with van der Waals surface area (Å²) in [6.07, 6.45) is 1.99. The van der Waals surface area contributed by atoms with Crippen LogP contribution in [0.5, 0.6) is 0 Å². The highest BCUT2D eigenvalue weighted by atomic mass is 16.4. The van der Waals surface area contributed by atoms with E-state index in [0.29, 0.717) is 6.54 Å². The Morgan fingerprint density at radius 3 is 2.84 bits per heavy atom. The van der Waals surface area contributed by atoms with Gasteiger partial charge in [-0.3, -0.25) is 14.7 Å². The van der Waals surface area contributed by atoms with Gasteiger partial charge in [-0.05, 0) is 24.2 Å². The van der Waals surface area contributed by atoms with E-state index in [2.05, 4.69) is 16.0 Å². The zero-order valence-electron chi connectivity index (χ0n) is 11.0. The van der Waals surface area contributed by atoms with Gasteiger partial charge in [0, 0.05) is 24.7 Å². The molecule has 2 aromatic rings. The zero-order valence-corrected chi connectivity index (χ0v) is 11.0. The van der Waals surface area contributed by atoms with Crippen LogP contribution in [-0.2, 0) is 11.3 Å². The summed E-state index contributed by atoms with van der Waals surface area (Å²) in [6.45, 7) is 4.21. The lowest BCUT2D eigenvalue weighted by Crippen LogP contribution is -2.25. The number of carboxylic acid groups (broad SMARTS) is 1. The van der Waals surface area contributed by atoms with E-state index in [-0.39, 0.29) is 6.42 Å². The molecule has 0 aliphatic rings. The van der Waals surface area contributed by atoms with Crippen LogP contribution in [0.1, 0.15) is 18.9 Å². The van der Waals surface area contributed by atoms with Crippen molar-refractivity contribution in [3.8, 4) is 0 Å². The fourth-order valence-electron chi connectivity index (χ4n) is 2.14. The molecule has 0 aliphatic heterocycles. The Hall–Kier alpha value is -1.94. The average Bonchev–Trinajstić information content (AvgIpc) is 2.43. The Morgan fingerprint density at radius 1 is 1.32 bits per heavy atom. The maximum Gasteiger partial charge on any atom is 0.304 e. The highest BCUT2D eigenvalue weighted by Gasteiger charge is 2.08. The number of carbonyl (C=O) groups is 1. The van der Waals surface area contributed by atoms with E-state index < -0.39 is 5.97 Å². The number of para-hydroxylation sites is 1. The molecule has 0 unspecified atom stereocenters. The van der Waals surface area contributed by atoms with Crippen LogP contribution in [0.15, 0.2) is 36.5 Å². The van der Waals surface area contributed by atoms with E-state index in [1.54, 1.807) is 0 Å². The molecular weight excluding hydrogens is 240 g/mol. The number of pyridine rings is 1. The van der Waals surface area contributed by atoms with Crippen molar-refractivity contribution in [1.82, 2.24) is 9.88 Å². The van der Waals surface area contributed by atoms with Crippen molar-refractivity contribution in [2.24, 2.45) is 0 Å². The first-order valence-electron chi connectivity index (χ1n) is 6.47. The molecule has 1 N–H and O–H groups in total. The monoisotopic (exact) mass is 258 g/mol. The predicted molar refractivity (Wildman–Crippen MR) is 74.9 cm³/mol. The first-order valence-corrected chi connectivity index (χ1v) is 6.47. The van der Waals surface area contributed by atoms with Crippen LogP contribution in [0.4, 0.5) is 0 Å². The summed E-state index contributed by atoms with van der Waals surface area (Å²) in [5, 5.41) is 9.90. The molecule has 0 atom stereocenters. The number of rotatable bonds is 6. The van der Waals surface area contributed by atoms with Gasteiger partial charge >= 0.3 is 5.97 Å². The van der Waals surface area contributed by atoms with Crippen LogP contribution in [0.25, 0.3) is 10.9 Å². The minimum absolute atomic E-state index is 0.177. The summed E-state index contributed by atoms with van der Waals surface area (Å²) < 4.78 is 0. The largest absolute Gasteiger partial charge is 0.481 e. The van der Waals surface area contributed by atoms with Crippen molar-refractivity contribution >= 4 is 16.9 Å². The van der Waals surface area contributed by atoms with E-state index in [1.165, 1.54) is 5.56 Å². The van der Waals surface area contributed by atoms with E-state index in [1.807, 2.05) is 37.4 Å². The number of aromatic nitrogens is 1.